The highest BCUT2D eigenvalue weighted by molar-refractivity contribution is 7.09. The number of aliphatic imine (C=N–C) groups is 1. The Labute approximate surface area is 189 Å². The molecule has 31 heavy (non-hydrogen) atoms. The fourth-order valence-electron chi connectivity index (χ4n) is 3.90. The lowest BCUT2D eigenvalue weighted by atomic mass is 10.1. The van der Waals surface area contributed by atoms with E-state index in [-0.39, 0.29) is 0 Å². The summed E-state index contributed by atoms with van der Waals surface area (Å²) >= 11 is 1.77. The van der Waals surface area contributed by atoms with Crippen molar-refractivity contribution in [3.05, 3.63) is 88.1 Å². The zero-order valence-electron chi connectivity index (χ0n) is 17.9. The molecule has 162 valence electrons. The van der Waals surface area contributed by atoms with Crippen LogP contribution in [0.2, 0.25) is 0 Å². The maximum atomic E-state index is 6.09. The van der Waals surface area contributed by atoms with Crippen molar-refractivity contribution >= 4 is 23.0 Å². The van der Waals surface area contributed by atoms with Crippen molar-refractivity contribution in [2.75, 3.05) is 37.6 Å². The van der Waals surface area contributed by atoms with Gasteiger partial charge in [-0.25, -0.2) is 4.99 Å². The molecule has 1 saturated heterocycles. The predicted octanol–water partition coefficient (Wildman–Crippen LogP) is 3.72. The summed E-state index contributed by atoms with van der Waals surface area (Å²) < 4.78 is 0. The number of thiophene rings is 1. The number of hydrogen-bond acceptors (Lipinski definition) is 4. The molecule has 0 saturated carbocycles. The summed E-state index contributed by atoms with van der Waals surface area (Å²) in [7, 11) is 0. The highest BCUT2D eigenvalue weighted by atomic mass is 32.1. The first kappa shape index (κ1) is 21.4. The monoisotopic (exact) mass is 433 g/mol. The normalized spacial score (nSPS) is 15.2. The summed E-state index contributed by atoms with van der Waals surface area (Å²) in [6.45, 7) is 6.63. The van der Waals surface area contributed by atoms with Crippen molar-refractivity contribution in [2.24, 2.45) is 10.7 Å². The molecule has 2 heterocycles. The molecular formula is C25H31N5S. The summed E-state index contributed by atoms with van der Waals surface area (Å²) in [6, 6.07) is 23.5. The number of nitrogens with two attached hydrogens (primary N) is 1. The topological polar surface area (TPSA) is 56.9 Å². The van der Waals surface area contributed by atoms with E-state index in [1.165, 1.54) is 21.7 Å². The summed E-state index contributed by atoms with van der Waals surface area (Å²) in [6.07, 6.45) is 0.972. The highest BCUT2D eigenvalue weighted by Crippen LogP contribution is 2.18. The molecular weight excluding hydrogens is 402 g/mol. The molecule has 0 radical (unpaired) electrons. The van der Waals surface area contributed by atoms with Gasteiger partial charge in [0.15, 0.2) is 5.96 Å². The van der Waals surface area contributed by atoms with Gasteiger partial charge in [-0.3, -0.25) is 4.90 Å². The third-order valence-electron chi connectivity index (χ3n) is 5.68. The van der Waals surface area contributed by atoms with Crippen molar-refractivity contribution in [3.63, 3.8) is 0 Å². The van der Waals surface area contributed by atoms with Crippen molar-refractivity contribution < 1.29 is 0 Å². The average Bonchev–Trinajstić information content (AvgIpc) is 3.33. The molecule has 1 aliphatic heterocycles. The van der Waals surface area contributed by atoms with Crippen LogP contribution in [0.15, 0.2) is 77.1 Å². The highest BCUT2D eigenvalue weighted by Gasteiger charge is 2.18. The van der Waals surface area contributed by atoms with Gasteiger partial charge in [-0.15, -0.1) is 11.3 Å². The lowest BCUT2D eigenvalue weighted by Gasteiger charge is -2.36. The predicted molar refractivity (Wildman–Crippen MR) is 132 cm³/mol. The minimum absolute atomic E-state index is 0.517. The summed E-state index contributed by atoms with van der Waals surface area (Å²) in [5.41, 5.74) is 10.00. The molecule has 3 aromatic rings. The van der Waals surface area contributed by atoms with Gasteiger partial charge in [0.25, 0.3) is 0 Å². The quantitative estimate of drug-likeness (QED) is 0.420. The van der Waals surface area contributed by atoms with Crippen molar-refractivity contribution in [1.29, 1.82) is 0 Å². The number of piperazine rings is 1. The molecule has 0 unspecified atom stereocenters. The molecule has 0 spiro atoms. The molecule has 1 aliphatic rings. The molecule has 1 aromatic heterocycles. The summed E-state index contributed by atoms with van der Waals surface area (Å²) in [4.78, 5) is 10.9. The second kappa shape index (κ2) is 11.0. The van der Waals surface area contributed by atoms with E-state index in [9.17, 15) is 0 Å². The van der Waals surface area contributed by atoms with Crippen LogP contribution >= 0.6 is 11.3 Å². The van der Waals surface area contributed by atoms with Crippen LogP contribution in [0.25, 0.3) is 0 Å². The van der Waals surface area contributed by atoms with Gasteiger partial charge in [0.2, 0.25) is 0 Å². The van der Waals surface area contributed by atoms with Crippen LogP contribution in [0.1, 0.15) is 16.0 Å². The van der Waals surface area contributed by atoms with E-state index in [1.807, 2.05) is 0 Å². The van der Waals surface area contributed by atoms with Gasteiger partial charge >= 0.3 is 0 Å². The van der Waals surface area contributed by atoms with Crippen LogP contribution in [-0.2, 0) is 19.5 Å². The number of hydrogen-bond donors (Lipinski definition) is 2. The SMILES string of the molecule is NC(=NCc1ccccc1CN1CCN(c2ccccc2)CC1)NCCc1cccs1. The molecule has 0 atom stereocenters. The smallest absolute Gasteiger partial charge is 0.188 e. The van der Waals surface area contributed by atoms with Gasteiger partial charge in [0.05, 0.1) is 6.54 Å². The van der Waals surface area contributed by atoms with Gasteiger partial charge in [0, 0.05) is 49.8 Å². The number of rotatable bonds is 8. The van der Waals surface area contributed by atoms with Crippen molar-refractivity contribution in [1.82, 2.24) is 10.2 Å². The average molecular weight is 434 g/mol. The molecule has 0 amide bonds. The van der Waals surface area contributed by atoms with Crippen LogP contribution in [0.4, 0.5) is 5.69 Å². The third-order valence-corrected chi connectivity index (χ3v) is 6.62. The maximum Gasteiger partial charge on any atom is 0.188 e. The second-order valence-corrected chi connectivity index (χ2v) is 8.86. The van der Waals surface area contributed by atoms with Gasteiger partial charge in [-0.2, -0.15) is 0 Å². The van der Waals surface area contributed by atoms with E-state index in [2.05, 4.69) is 92.2 Å². The third kappa shape index (κ3) is 6.32. The number of anilines is 1. The first-order valence-corrected chi connectivity index (χ1v) is 11.8. The number of nitrogens with one attached hydrogen (secondary N) is 1. The lowest BCUT2D eigenvalue weighted by molar-refractivity contribution is 0.249. The molecule has 3 N–H and O–H groups in total. The molecule has 4 rings (SSSR count). The van der Waals surface area contributed by atoms with E-state index >= 15 is 0 Å². The maximum absolute atomic E-state index is 6.09. The summed E-state index contributed by atoms with van der Waals surface area (Å²) in [5, 5.41) is 5.33. The van der Waals surface area contributed by atoms with Crippen molar-refractivity contribution in [2.45, 2.75) is 19.5 Å². The van der Waals surface area contributed by atoms with Gasteiger partial charge in [-0.05, 0) is 41.1 Å². The molecule has 6 heteroatoms. The first-order valence-electron chi connectivity index (χ1n) is 10.9. The Morgan fingerprint density at radius 2 is 1.65 bits per heavy atom. The molecule has 1 fully saturated rings. The van der Waals surface area contributed by atoms with Crippen LogP contribution in [0.5, 0.6) is 0 Å². The standard InChI is InChI=1S/C25H31N5S/c26-25(27-13-12-24-11-6-18-31-24)28-19-21-7-4-5-8-22(21)20-29-14-16-30(17-15-29)23-9-2-1-3-10-23/h1-11,18H,12-17,19-20H2,(H3,26,27,28). The molecule has 0 bridgehead atoms. The van der Waals surface area contributed by atoms with E-state index in [4.69, 9.17) is 5.73 Å². The zero-order valence-corrected chi connectivity index (χ0v) is 18.7. The Morgan fingerprint density at radius 3 is 2.39 bits per heavy atom. The number of guanidine groups is 1. The zero-order chi connectivity index (χ0) is 21.3. The van der Waals surface area contributed by atoms with Crippen LogP contribution in [-0.4, -0.2) is 43.6 Å². The first-order chi connectivity index (χ1) is 15.3. The second-order valence-electron chi connectivity index (χ2n) is 7.83. The Balaban J connectivity index is 1.27. The minimum atomic E-state index is 0.517. The van der Waals surface area contributed by atoms with Gasteiger partial charge < -0.3 is 16.0 Å². The van der Waals surface area contributed by atoms with Crippen LogP contribution in [0, 0.1) is 0 Å². The fraction of sp³-hybridized carbons (Fsp3) is 0.320. The fourth-order valence-corrected chi connectivity index (χ4v) is 4.61. The number of para-hydroxylation sites is 1. The minimum Gasteiger partial charge on any atom is -0.370 e. The van der Waals surface area contributed by atoms with E-state index in [1.54, 1.807) is 11.3 Å². The van der Waals surface area contributed by atoms with Gasteiger partial charge in [0.1, 0.15) is 0 Å². The molecule has 0 aliphatic carbocycles. The van der Waals surface area contributed by atoms with Crippen LogP contribution < -0.4 is 16.0 Å². The Morgan fingerprint density at radius 1 is 0.903 bits per heavy atom. The Bertz CT molecular complexity index is 947. The van der Waals surface area contributed by atoms with E-state index < -0.39 is 0 Å². The van der Waals surface area contributed by atoms with Gasteiger partial charge in [-0.1, -0.05) is 48.5 Å². The largest absolute Gasteiger partial charge is 0.370 e. The van der Waals surface area contributed by atoms with E-state index in [0.29, 0.717) is 12.5 Å². The Hall–Kier alpha value is -2.83. The number of nitrogens with zero attached hydrogens (tertiary/aromatic N) is 3. The van der Waals surface area contributed by atoms with Crippen molar-refractivity contribution in [3.8, 4) is 0 Å². The molecule has 5 nitrogen and oxygen atoms in total. The van der Waals surface area contributed by atoms with Crippen LogP contribution in [0.3, 0.4) is 0 Å². The lowest BCUT2D eigenvalue weighted by Crippen LogP contribution is -2.46. The van der Waals surface area contributed by atoms with E-state index in [0.717, 1.165) is 45.7 Å². The summed E-state index contributed by atoms with van der Waals surface area (Å²) in [5.74, 6) is 0.517. The number of benzene rings is 2. The molecule has 2 aromatic carbocycles. The Kier molecular flexibility index (Phi) is 7.58.